The highest BCUT2D eigenvalue weighted by atomic mass is 32.2. The summed E-state index contributed by atoms with van der Waals surface area (Å²) >= 11 is 0. The molecule has 1 amide bonds. The van der Waals surface area contributed by atoms with Crippen molar-refractivity contribution in [2.45, 2.75) is 44.4 Å². The van der Waals surface area contributed by atoms with Gasteiger partial charge in [-0.05, 0) is 48.9 Å². The number of hydrogen-bond acceptors (Lipinski definition) is 5. The van der Waals surface area contributed by atoms with E-state index in [4.69, 9.17) is 4.74 Å². The van der Waals surface area contributed by atoms with Crippen molar-refractivity contribution in [2.75, 3.05) is 32.8 Å². The van der Waals surface area contributed by atoms with E-state index < -0.39 is 16.0 Å². The molecule has 0 aromatic heterocycles. The van der Waals surface area contributed by atoms with E-state index in [1.807, 2.05) is 12.1 Å². The lowest BCUT2D eigenvalue weighted by Gasteiger charge is -2.34. The maximum absolute atomic E-state index is 13.0. The fraction of sp³-hybridized carbons (Fsp3) is 0.600. The molecule has 0 atom stereocenters. The number of aryl methyl sites for hydroxylation is 2. The topological polar surface area (TPSA) is 84.0 Å². The van der Waals surface area contributed by atoms with Gasteiger partial charge in [-0.3, -0.25) is 9.59 Å². The van der Waals surface area contributed by atoms with Gasteiger partial charge in [-0.2, -0.15) is 4.31 Å². The Kier molecular flexibility index (Phi) is 6.40. The third kappa shape index (κ3) is 4.55. The van der Waals surface area contributed by atoms with Crippen LogP contribution in [0.15, 0.2) is 23.1 Å². The zero-order valence-corrected chi connectivity index (χ0v) is 17.3. The van der Waals surface area contributed by atoms with E-state index in [1.165, 1.54) is 9.87 Å². The Morgan fingerprint density at radius 3 is 2.32 bits per heavy atom. The minimum atomic E-state index is -3.57. The predicted molar refractivity (Wildman–Crippen MR) is 104 cm³/mol. The summed E-state index contributed by atoms with van der Waals surface area (Å²) in [5.41, 5.74) is 2.38. The molecule has 1 aliphatic carbocycles. The third-order valence-electron chi connectivity index (χ3n) is 5.36. The highest BCUT2D eigenvalue weighted by Gasteiger charge is 2.31. The Morgan fingerprint density at radius 2 is 1.68 bits per heavy atom. The van der Waals surface area contributed by atoms with Crippen molar-refractivity contribution in [1.29, 1.82) is 0 Å². The molecule has 1 aromatic carbocycles. The van der Waals surface area contributed by atoms with Crippen LogP contribution in [0.3, 0.4) is 0 Å². The van der Waals surface area contributed by atoms with Crippen LogP contribution in [0.25, 0.3) is 0 Å². The summed E-state index contributed by atoms with van der Waals surface area (Å²) in [6.07, 6.45) is 4.19. The molecule has 1 aromatic rings. The number of fused-ring (bicyclic) bond motifs is 1. The first-order chi connectivity index (χ1) is 13.3. The Hall–Kier alpha value is -1.93. The van der Waals surface area contributed by atoms with Crippen LogP contribution in [0.2, 0.25) is 0 Å². The zero-order chi connectivity index (χ0) is 20.3. The van der Waals surface area contributed by atoms with Crippen molar-refractivity contribution in [2.24, 2.45) is 5.92 Å². The summed E-state index contributed by atoms with van der Waals surface area (Å²) in [5, 5.41) is 0. The quantitative estimate of drug-likeness (QED) is 0.691. The molecule has 1 fully saturated rings. The first-order valence-electron chi connectivity index (χ1n) is 9.85. The SMILES string of the molecule is CC(C)C(=O)OCC(=O)N1CCN(S(=O)(=O)c2ccc3c(c2)CCCC3)CC1. The van der Waals surface area contributed by atoms with Crippen LogP contribution in [-0.4, -0.2) is 62.3 Å². The van der Waals surface area contributed by atoms with Crippen LogP contribution in [0, 0.1) is 5.92 Å². The second-order valence-corrected chi connectivity index (χ2v) is 9.62. The van der Waals surface area contributed by atoms with Crippen molar-refractivity contribution < 1.29 is 22.7 Å². The monoisotopic (exact) mass is 408 g/mol. The summed E-state index contributed by atoms with van der Waals surface area (Å²) in [4.78, 5) is 25.6. The first kappa shape index (κ1) is 20.8. The molecule has 28 heavy (non-hydrogen) atoms. The van der Waals surface area contributed by atoms with E-state index in [1.54, 1.807) is 24.8 Å². The average Bonchev–Trinajstić information content (AvgIpc) is 2.71. The molecule has 0 bridgehead atoms. The number of hydrogen-bond donors (Lipinski definition) is 0. The van der Waals surface area contributed by atoms with E-state index in [2.05, 4.69) is 0 Å². The smallest absolute Gasteiger partial charge is 0.308 e. The molecule has 1 aliphatic heterocycles. The van der Waals surface area contributed by atoms with Gasteiger partial charge in [0.2, 0.25) is 10.0 Å². The minimum absolute atomic E-state index is 0.239. The van der Waals surface area contributed by atoms with Crippen molar-refractivity contribution in [3.8, 4) is 0 Å². The number of carbonyl (C=O) groups is 2. The lowest BCUT2D eigenvalue weighted by molar-refractivity contribution is -0.155. The molecule has 1 saturated heterocycles. The predicted octanol–water partition coefficient (Wildman–Crippen LogP) is 1.60. The maximum atomic E-state index is 13.0. The lowest BCUT2D eigenvalue weighted by Crippen LogP contribution is -2.51. The molecule has 1 heterocycles. The van der Waals surface area contributed by atoms with E-state index in [9.17, 15) is 18.0 Å². The highest BCUT2D eigenvalue weighted by molar-refractivity contribution is 7.89. The lowest BCUT2D eigenvalue weighted by atomic mass is 9.92. The minimum Gasteiger partial charge on any atom is -0.455 e. The molecule has 0 saturated carbocycles. The zero-order valence-electron chi connectivity index (χ0n) is 16.5. The van der Waals surface area contributed by atoms with Crippen LogP contribution in [0.5, 0.6) is 0 Å². The highest BCUT2D eigenvalue weighted by Crippen LogP contribution is 2.26. The molecular weight excluding hydrogens is 380 g/mol. The number of esters is 1. The van der Waals surface area contributed by atoms with Crippen LogP contribution >= 0.6 is 0 Å². The Balaban J connectivity index is 1.59. The Morgan fingerprint density at radius 1 is 1.04 bits per heavy atom. The summed E-state index contributed by atoms with van der Waals surface area (Å²) in [7, 11) is -3.57. The van der Waals surface area contributed by atoms with E-state index in [0.717, 1.165) is 31.2 Å². The fourth-order valence-electron chi connectivity index (χ4n) is 3.59. The summed E-state index contributed by atoms with van der Waals surface area (Å²) in [5.74, 6) is -0.992. The average molecular weight is 409 g/mol. The van der Waals surface area contributed by atoms with Crippen molar-refractivity contribution in [3.63, 3.8) is 0 Å². The van der Waals surface area contributed by atoms with Crippen molar-refractivity contribution in [3.05, 3.63) is 29.3 Å². The van der Waals surface area contributed by atoms with Gasteiger partial charge >= 0.3 is 5.97 Å². The largest absolute Gasteiger partial charge is 0.455 e. The number of nitrogens with zero attached hydrogens (tertiary/aromatic N) is 2. The number of sulfonamides is 1. The summed E-state index contributed by atoms with van der Waals surface area (Å²) in [6, 6.07) is 5.44. The standard InChI is InChI=1S/C20H28N2O5S/c1-15(2)20(24)27-14-19(23)21-9-11-22(12-10-21)28(25,26)18-8-7-16-5-3-4-6-17(16)13-18/h7-8,13,15H,3-6,9-12,14H2,1-2H3. The van der Waals surface area contributed by atoms with E-state index in [0.29, 0.717) is 18.0 Å². The van der Waals surface area contributed by atoms with Crippen LogP contribution < -0.4 is 0 Å². The van der Waals surface area contributed by atoms with Crippen molar-refractivity contribution >= 4 is 21.9 Å². The Bertz CT molecular complexity index is 842. The molecular formula is C20H28N2O5S. The van der Waals surface area contributed by atoms with Gasteiger partial charge in [0.05, 0.1) is 10.8 Å². The molecule has 8 heteroatoms. The van der Waals surface area contributed by atoms with Gasteiger partial charge in [-0.15, -0.1) is 0 Å². The Labute approximate surface area is 166 Å². The number of ether oxygens (including phenoxy) is 1. The van der Waals surface area contributed by atoms with Gasteiger partial charge in [0, 0.05) is 26.2 Å². The van der Waals surface area contributed by atoms with Crippen molar-refractivity contribution in [1.82, 2.24) is 9.21 Å². The summed E-state index contributed by atoms with van der Waals surface area (Å²) < 4.78 is 32.4. The second-order valence-electron chi connectivity index (χ2n) is 7.68. The number of amides is 1. The normalized spacial score (nSPS) is 18.0. The van der Waals surface area contributed by atoms with Crippen LogP contribution in [-0.2, 0) is 37.2 Å². The molecule has 3 rings (SSSR count). The number of piperazine rings is 1. The number of rotatable bonds is 5. The molecule has 2 aliphatic rings. The van der Waals surface area contributed by atoms with Gasteiger partial charge in [0.1, 0.15) is 0 Å². The van der Waals surface area contributed by atoms with Gasteiger partial charge in [0.15, 0.2) is 6.61 Å². The molecule has 0 radical (unpaired) electrons. The van der Waals surface area contributed by atoms with Gasteiger partial charge in [0.25, 0.3) is 5.91 Å². The second kappa shape index (κ2) is 8.61. The fourth-order valence-corrected chi connectivity index (χ4v) is 5.06. The first-order valence-corrected chi connectivity index (χ1v) is 11.3. The third-order valence-corrected chi connectivity index (χ3v) is 7.25. The molecule has 154 valence electrons. The van der Waals surface area contributed by atoms with Gasteiger partial charge in [-0.25, -0.2) is 8.42 Å². The van der Waals surface area contributed by atoms with Gasteiger partial charge < -0.3 is 9.64 Å². The number of benzene rings is 1. The molecule has 7 nitrogen and oxygen atoms in total. The molecule has 0 unspecified atom stereocenters. The van der Waals surface area contributed by atoms with Crippen LogP contribution in [0.4, 0.5) is 0 Å². The molecule has 0 N–H and O–H groups in total. The van der Waals surface area contributed by atoms with Gasteiger partial charge in [-0.1, -0.05) is 19.9 Å². The van der Waals surface area contributed by atoms with E-state index >= 15 is 0 Å². The maximum Gasteiger partial charge on any atom is 0.308 e. The number of carbonyl (C=O) groups excluding carboxylic acids is 2. The summed E-state index contributed by atoms with van der Waals surface area (Å²) in [6.45, 7) is 4.18. The molecule has 0 spiro atoms. The van der Waals surface area contributed by atoms with Crippen LogP contribution in [0.1, 0.15) is 37.8 Å². The van der Waals surface area contributed by atoms with E-state index in [-0.39, 0.29) is 31.5 Å².